The van der Waals surface area contributed by atoms with Gasteiger partial charge in [-0.05, 0) is 86.9 Å². The van der Waals surface area contributed by atoms with Crippen molar-refractivity contribution >= 4 is 93.1 Å². The minimum Gasteiger partial charge on any atom is -0.454 e. The Kier molecular flexibility index (Phi) is 5.96. The van der Waals surface area contributed by atoms with E-state index >= 15 is 0 Å². The fourth-order valence-corrected chi connectivity index (χ4v) is 8.25. The van der Waals surface area contributed by atoms with Gasteiger partial charge in [-0.3, -0.25) is 0 Å². The number of hydrogen-bond donors (Lipinski definition) is 0. The molecule has 0 fully saturated rings. The molecular formula is C48H30N2O. The largest absolute Gasteiger partial charge is 0.454 e. The molecule has 0 amide bonds. The Balaban J connectivity index is 1.21. The monoisotopic (exact) mass is 650 g/mol. The summed E-state index contributed by atoms with van der Waals surface area (Å²) in [7, 11) is 0. The van der Waals surface area contributed by atoms with Crippen LogP contribution in [0.2, 0.25) is 0 Å². The van der Waals surface area contributed by atoms with E-state index in [1.54, 1.807) is 0 Å². The molecule has 0 radical (unpaired) electrons. The molecule has 9 aromatic carbocycles. The van der Waals surface area contributed by atoms with E-state index in [-0.39, 0.29) is 0 Å². The molecule has 0 spiro atoms. The predicted octanol–water partition coefficient (Wildman–Crippen LogP) is 13.6. The number of nitrogens with zero attached hydrogens (tertiary/aromatic N) is 2. The normalized spacial score (nSPS) is 11.9. The van der Waals surface area contributed by atoms with Crippen LogP contribution < -0.4 is 4.90 Å². The van der Waals surface area contributed by atoms with Crippen molar-refractivity contribution in [2.45, 2.75) is 0 Å². The van der Waals surface area contributed by atoms with Gasteiger partial charge in [-0.15, -0.1) is 0 Å². The van der Waals surface area contributed by atoms with Gasteiger partial charge in [-0.25, -0.2) is 0 Å². The first-order chi connectivity index (χ1) is 25.3. The third-order valence-electron chi connectivity index (χ3n) is 10.5. The molecule has 51 heavy (non-hydrogen) atoms. The van der Waals surface area contributed by atoms with Crippen LogP contribution in [0.15, 0.2) is 186 Å². The average molecular weight is 651 g/mol. The molecule has 11 aromatic rings. The Labute approximate surface area is 293 Å². The molecule has 238 valence electrons. The van der Waals surface area contributed by atoms with Crippen molar-refractivity contribution in [3.63, 3.8) is 0 Å². The number of furan rings is 1. The number of anilines is 3. The predicted molar refractivity (Wildman–Crippen MR) is 215 cm³/mol. The van der Waals surface area contributed by atoms with E-state index in [1.807, 2.05) is 6.07 Å². The topological polar surface area (TPSA) is 21.3 Å². The molecular weight excluding hydrogens is 621 g/mol. The Morgan fingerprint density at radius 3 is 1.90 bits per heavy atom. The van der Waals surface area contributed by atoms with E-state index in [0.717, 1.165) is 50.2 Å². The maximum Gasteiger partial charge on any atom is 0.159 e. The highest BCUT2D eigenvalue weighted by Gasteiger charge is 2.22. The molecule has 0 unspecified atom stereocenters. The second-order valence-electron chi connectivity index (χ2n) is 13.3. The molecule has 0 aliphatic heterocycles. The van der Waals surface area contributed by atoms with Gasteiger partial charge in [0.25, 0.3) is 0 Å². The molecule has 3 nitrogen and oxygen atoms in total. The Bertz CT molecular complexity index is 3150. The highest BCUT2D eigenvalue weighted by Crippen LogP contribution is 2.45. The number of para-hydroxylation sites is 4. The summed E-state index contributed by atoms with van der Waals surface area (Å²) >= 11 is 0. The van der Waals surface area contributed by atoms with Gasteiger partial charge >= 0.3 is 0 Å². The van der Waals surface area contributed by atoms with Gasteiger partial charge in [0.2, 0.25) is 0 Å². The lowest BCUT2D eigenvalue weighted by Crippen LogP contribution is -2.10. The molecule has 0 aliphatic carbocycles. The third-order valence-corrected chi connectivity index (χ3v) is 10.5. The quantitative estimate of drug-likeness (QED) is 0.177. The van der Waals surface area contributed by atoms with Crippen molar-refractivity contribution < 1.29 is 4.42 Å². The van der Waals surface area contributed by atoms with Crippen LogP contribution in [0.3, 0.4) is 0 Å². The van der Waals surface area contributed by atoms with Gasteiger partial charge < -0.3 is 13.9 Å². The SMILES string of the molecule is c1ccc(-n2c3ccccc3c3ccc(N(c4ccc5c(ccc6ccc7ccccc7c65)c4)c4cccc5c4oc4ccccc45)cc32)cc1. The highest BCUT2D eigenvalue weighted by molar-refractivity contribution is 6.21. The van der Waals surface area contributed by atoms with E-state index in [4.69, 9.17) is 4.42 Å². The first-order valence-corrected chi connectivity index (χ1v) is 17.4. The number of hydrogen-bond acceptors (Lipinski definition) is 2. The van der Waals surface area contributed by atoms with Gasteiger partial charge in [0.1, 0.15) is 5.58 Å². The van der Waals surface area contributed by atoms with E-state index in [2.05, 4.69) is 185 Å². The van der Waals surface area contributed by atoms with Gasteiger partial charge in [0.05, 0.1) is 16.7 Å². The molecule has 11 rings (SSSR count). The Morgan fingerprint density at radius 1 is 0.392 bits per heavy atom. The molecule has 0 aliphatic rings. The van der Waals surface area contributed by atoms with Gasteiger partial charge in [0.15, 0.2) is 5.58 Å². The van der Waals surface area contributed by atoms with Gasteiger partial charge in [-0.2, -0.15) is 0 Å². The summed E-state index contributed by atoms with van der Waals surface area (Å²) in [4.78, 5) is 2.36. The smallest absolute Gasteiger partial charge is 0.159 e. The van der Waals surface area contributed by atoms with Crippen LogP contribution in [0.5, 0.6) is 0 Å². The van der Waals surface area contributed by atoms with Crippen molar-refractivity contribution in [3.05, 3.63) is 182 Å². The van der Waals surface area contributed by atoms with Crippen molar-refractivity contribution in [3.8, 4) is 5.69 Å². The molecule has 2 aromatic heterocycles. The minimum absolute atomic E-state index is 0.868. The van der Waals surface area contributed by atoms with E-state index in [9.17, 15) is 0 Å². The number of fused-ring (bicyclic) bond motifs is 11. The lowest BCUT2D eigenvalue weighted by Gasteiger charge is -2.26. The summed E-state index contributed by atoms with van der Waals surface area (Å²) in [6.07, 6.45) is 0. The summed E-state index contributed by atoms with van der Waals surface area (Å²) < 4.78 is 9.06. The van der Waals surface area contributed by atoms with Crippen LogP contribution in [-0.4, -0.2) is 4.57 Å². The van der Waals surface area contributed by atoms with E-state index in [0.29, 0.717) is 0 Å². The summed E-state index contributed by atoms with van der Waals surface area (Å²) in [5, 5.41) is 12.2. The first-order valence-electron chi connectivity index (χ1n) is 17.4. The Morgan fingerprint density at radius 2 is 1.02 bits per heavy atom. The lowest BCUT2D eigenvalue weighted by atomic mass is 9.96. The number of benzene rings is 9. The zero-order valence-electron chi connectivity index (χ0n) is 27.6. The fraction of sp³-hybridized carbons (Fsp3) is 0. The van der Waals surface area contributed by atoms with Gasteiger partial charge in [0, 0.05) is 38.6 Å². The zero-order valence-corrected chi connectivity index (χ0v) is 27.6. The Hall–Kier alpha value is -6.84. The molecule has 0 saturated heterocycles. The lowest BCUT2D eigenvalue weighted by molar-refractivity contribution is 0.669. The second kappa shape index (κ2) is 10.8. The van der Waals surface area contributed by atoms with Crippen LogP contribution in [0.1, 0.15) is 0 Å². The van der Waals surface area contributed by atoms with E-state index < -0.39 is 0 Å². The van der Waals surface area contributed by atoms with Crippen LogP contribution >= 0.6 is 0 Å². The second-order valence-corrected chi connectivity index (χ2v) is 13.3. The molecule has 0 bridgehead atoms. The van der Waals surface area contributed by atoms with Gasteiger partial charge in [-0.1, -0.05) is 127 Å². The molecule has 3 heteroatoms. The molecule has 0 N–H and O–H groups in total. The van der Waals surface area contributed by atoms with Crippen molar-refractivity contribution in [1.29, 1.82) is 0 Å². The first kappa shape index (κ1) is 28.0. The standard InChI is InChI=1S/C48H30N2O/c1-2-12-34(13-3-1)50-43-18-8-6-15-39(43)40-28-26-36(30-45(40)50)49(44-19-10-17-42-41-16-7-9-20-46(41)51-48(42)44)35-25-27-38-33(29-35)24-23-32-22-21-31-11-4-5-14-37(31)47(32)38/h1-30H. The number of rotatable bonds is 4. The fourth-order valence-electron chi connectivity index (χ4n) is 8.25. The zero-order chi connectivity index (χ0) is 33.5. The van der Waals surface area contributed by atoms with E-state index in [1.165, 1.54) is 48.6 Å². The van der Waals surface area contributed by atoms with Crippen LogP contribution in [0, 0.1) is 0 Å². The number of aromatic nitrogens is 1. The maximum absolute atomic E-state index is 6.68. The van der Waals surface area contributed by atoms with Crippen molar-refractivity contribution in [1.82, 2.24) is 4.57 Å². The maximum atomic E-state index is 6.68. The van der Waals surface area contributed by atoms with Crippen molar-refractivity contribution in [2.75, 3.05) is 4.90 Å². The minimum atomic E-state index is 0.868. The third kappa shape index (κ3) is 4.19. The summed E-state index contributed by atoms with van der Waals surface area (Å²) in [6, 6.07) is 65.6. The summed E-state index contributed by atoms with van der Waals surface area (Å²) in [5.41, 5.74) is 8.35. The highest BCUT2D eigenvalue weighted by atomic mass is 16.3. The molecule has 0 saturated carbocycles. The summed E-state index contributed by atoms with van der Waals surface area (Å²) in [6.45, 7) is 0. The van der Waals surface area contributed by atoms with Crippen LogP contribution in [0.4, 0.5) is 17.1 Å². The molecule has 0 atom stereocenters. The van der Waals surface area contributed by atoms with Crippen molar-refractivity contribution in [2.24, 2.45) is 0 Å². The average Bonchev–Trinajstić information content (AvgIpc) is 3.74. The van der Waals surface area contributed by atoms with Crippen LogP contribution in [0.25, 0.3) is 81.7 Å². The van der Waals surface area contributed by atoms with Crippen LogP contribution in [-0.2, 0) is 0 Å². The summed E-state index contributed by atoms with van der Waals surface area (Å²) in [5.74, 6) is 0. The molecule has 2 heterocycles.